The molecular weight excluding hydrogens is 516 g/mol. The summed E-state index contributed by atoms with van der Waals surface area (Å²) in [6.45, 7) is 4.05. The molecular formula is C29H33ClN6O3. The van der Waals surface area contributed by atoms with Crippen LogP contribution in [0.25, 0.3) is 11.4 Å². The lowest BCUT2D eigenvalue weighted by Crippen LogP contribution is -2.64. The number of carbonyl (C=O) groups is 2. The third-order valence-electron chi connectivity index (χ3n) is 8.80. The van der Waals surface area contributed by atoms with E-state index >= 15 is 0 Å². The smallest absolute Gasteiger partial charge is 0.263 e. The number of hydrogen-bond acceptors (Lipinski definition) is 6. The highest BCUT2D eigenvalue weighted by Crippen LogP contribution is 2.60. The molecule has 2 amide bonds. The van der Waals surface area contributed by atoms with Crippen LogP contribution in [0.15, 0.2) is 48.5 Å². The van der Waals surface area contributed by atoms with Crippen molar-refractivity contribution in [2.45, 2.75) is 64.1 Å². The van der Waals surface area contributed by atoms with Crippen LogP contribution in [-0.2, 0) is 16.1 Å². The third-order valence-corrected chi connectivity index (χ3v) is 9.05. The molecule has 0 aliphatic heterocycles. The van der Waals surface area contributed by atoms with Gasteiger partial charge < -0.3 is 15.4 Å². The Morgan fingerprint density at radius 3 is 2.38 bits per heavy atom. The standard InChI is InChI=1S/C29H33ClN6O3/c1-28(2,39-23-9-7-22(30)8-10-23)26(37)32-24-20-11-18-12-21(24)15-29(13-18,14-20)27(38)31-16-17-3-5-19(6-4-17)25-33-35-36-34-25/h3-10,18,20-21,24H,11-16H2,1-2H3,(H,31,38)(H,32,37)(H,33,34,35,36). The SMILES string of the molecule is CC(C)(Oc1ccc(Cl)cc1)C(=O)NC1C2CC3CC1CC(C(=O)NCc1ccc(-c4nn[nH]n4)cc1)(C3)C2. The number of benzene rings is 2. The number of carbonyl (C=O) groups excluding carboxylic acids is 2. The minimum Gasteiger partial charge on any atom is -0.478 e. The van der Waals surface area contributed by atoms with Crippen LogP contribution in [0, 0.1) is 23.2 Å². The Bertz CT molecular complexity index is 1330. The summed E-state index contributed by atoms with van der Waals surface area (Å²) >= 11 is 5.98. The van der Waals surface area contributed by atoms with Gasteiger partial charge in [0.2, 0.25) is 11.7 Å². The Hall–Kier alpha value is -3.46. The van der Waals surface area contributed by atoms with E-state index in [1.807, 2.05) is 24.3 Å². The number of tetrazole rings is 1. The molecule has 0 saturated heterocycles. The average molecular weight is 549 g/mol. The van der Waals surface area contributed by atoms with Gasteiger partial charge in [0.25, 0.3) is 5.91 Å². The van der Waals surface area contributed by atoms with E-state index in [4.69, 9.17) is 16.3 Å². The van der Waals surface area contributed by atoms with Gasteiger partial charge in [-0.25, -0.2) is 0 Å². The molecule has 7 rings (SSSR count). The summed E-state index contributed by atoms with van der Waals surface area (Å²) in [5, 5.41) is 21.2. The van der Waals surface area contributed by atoms with Crippen molar-refractivity contribution < 1.29 is 14.3 Å². The molecule has 2 aromatic carbocycles. The molecule has 1 heterocycles. The van der Waals surface area contributed by atoms with Gasteiger partial charge in [0, 0.05) is 23.2 Å². The monoisotopic (exact) mass is 548 g/mol. The van der Waals surface area contributed by atoms with Gasteiger partial charge in [-0.15, -0.1) is 10.2 Å². The fourth-order valence-corrected chi connectivity index (χ4v) is 7.26. The summed E-state index contributed by atoms with van der Waals surface area (Å²) in [6, 6.07) is 14.9. The maximum Gasteiger partial charge on any atom is 0.263 e. The van der Waals surface area contributed by atoms with Crippen molar-refractivity contribution in [3.05, 3.63) is 59.1 Å². The van der Waals surface area contributed by atoms with E-state index in [-0.39, 0.29) is 23.3 Å². The fourth-order valence-electron chi connectivity index (χ4n) is 7.13. The van der Waals surface area contributed by atoms with Crippen molar-refractivity contribution in [3.8, 4) is 17.1 Å². The molecule has 1 aromatic heterocycles. The van der Waals surface area contributed by atoms with Crippen LogP contribution in [0.3, 0.4) is 0 Å². The minimum absolute atomic E-state index is 0.0701. The van der Waals surface area contributed by atoms with Crippen LogP contribution < -0.4 is 15.4 Å². The lowest BCUT2D eigenvalue weighted by atomic mass is 9.47. The first kappa shape index (κ1) is 25.8. The normalized spacial score (nSPS) is 27.3. The molecule has 3 aromatic rings. The maximum atomic E-state index is 13.6. The molecule has 0 radical (unpaired) electrons. The molecule has 39 heavy (non-hydrogen) atoms. The van der Waals surface area contributed by atoms with Crippen molar-refractivity contribution in [2.75, 3.05) is 0 Å². The second kappa shape index (κ2) is 9.93. The quantitative estimate of drug-likeness (QED) is 0.386. The first-order valence-corrected chi connectivity index (χ1v) is 14.0. The summed E-state index contributed by atoms with van der Waals surface area (Å²) in [6.07, 6.45) is 4.69. The van der Waals surface area contributed by atoms with Gasteiger partial charge in [-0.3, -0.25) is 9.59 Å². The summed E-state index contributed by atoms with van der Waals surface area (Å²) < 4.78 is 6.03. The molecule has 204 valence electrons. The molecule has 4 aliphatic rings. The summed E-state index contributed by atoms with van der Waals surface area (Å²) in [5.41, 5.74) is 0.511. The van der Waals surface area contributed by atoms with E-state index in [9.17, 15) is 9.59 Å². The first-order chi connectivity index (χ1) is 18.7. The lowest BCUT2D eigenvalue weighted by molar-refractivity contribution is -0.152. The Morgan fingerprint density at radius 1 is 1.05 bits per heavy atom. The Balaban J connectivity index is 1.08. The number of rotatable bonds is 8. The highest BCUT2D eigenvalue weighted by molar-refractivity contribution is 6.30. The van der Waals surface area contributed by atoms with Crippen LogP contribution in [0.5, 0.6) is 5.75 Å². The zero-order chi connectivity index (χ0) is 27.2. The van der Waals surface area contributed by atoms with Crippen LogP contribution in [0.4, 0.5) is 0 Å². The van der Waals surface area contributed by atoms with Crippen molar-refractivity contribution in [3.63, 3.8) is 0 Å². The van der Waals surface area contributed by atoms with E-state index in [2.05, 4.69) is 31.3 Å². The summed E-state index contributed by atoms with van der Waals surface area (Å²) in [5.74, 6) is 2.29. The molecule has 4 bridgehead atoms. The van der Waals surface area contributed by atoms with Crippen molar-refractivity contribution >= 4 is 23.4 Å². The number of nitrogens with one attached hydrogen (secondary N) is 3. The van der Waals surface area contributed by atoms with Crippen molar-refractivity contribution in [2.24, 2.45) is 23.2 Å². The molecule has 2 atom stereocenters. The number of halogens is 1. The van der Waals surface area contributed by atoms with Gasteiger partial charge >= 0.3 is 0 Å². The zero-order valence-corrected chi connectivity index (χ0v) is 22.9. The van der Waals surface area contributed by atoms with Gasteiger partial charge in [-0.05, 0) is 98.7 Å². The van der Waals surface area contributed by atoms with E-state index in [0.717, 1.165) is 43.2 Å². The van der Waals surface area contributed by atoms with Gasteiger partial charge in [0.1, 0.15) is 5.75 Å². The van der Waals surface area contributed by atoms with Gasteiger partial charge in [-0.1, -0.05) is 35.9 Å². The van der Waals surface area contributed by atoms with Crippen LogP contribution in [-0.4, -0.2) is 44.1 Å². The Kier molecular flexibility index (Phi) is 6.57. The topological polar surface area (TPSA) is 122 Å². The van der Waals surface area contributed by atoms with E-state index < -0.39 is 5.60 Å². The lowest BCUT2D eigenvalue weighted by Gasteiger charge is -2.59. The largest absolute Gasteiger partial charge is 0.478 e. The van der Waals surface area contributed by atoms with Gasteiger partial charge in [0.15, 0.2) is 5.60 Å². The van der Waals surface area contributed by atoms with E-state index in [0.29, 0.717) is 40.9 Å². The number of H-pyrrole nitrogens is 1. The van der Waals surface area contributed by atoms with Crippen molar-refractivity contribution in [1.82, 2.24) is 31.3 Å². The maximum absolute atomic E-state index is 13.6. The molecule has 4 saturated carbocycles. The van der Waals surface area contributed by atoms with Gasteiger partial charge in [0.05, 0.1) is 5.41 Å². The van der Waals surface area contributed by atoms with Crippen LogP contribution >= 0.6 is 11.6 Å². The average Bonchev–Trinajstić information content (AvgIpc) is 3.45. The first-order valence-electron chi connectivity index (χ1n) is 13.6. The summed E-state index contributed by atoms with van der Waals surface area (Å²) in [4.78, 5) is 26.9. The predicted octanol–water partition coefficient (Wildman–Crippen LogP) is 4.31. The zero-order valence-electron chi connectivity index (χ0n) is 22.1. The van der Waals surface area contributed by atoms with Crippen LogP contribution in [0.1, 0.15) is 51.5 Å². The highest BCUT2D eigenvalue weighted by atomic mass is 35.5. The van der Waals surface area contributed by atoms with Crippen molar-refractivity contribution in [1.29, 1.82) is 0 Å². The second-order valence-corrected chi connectivity index (χ2v) is 12.4. The second-order valence-electron chi connectivity index (χ2n) is 11.9. The number of nitrogens with zero attached hydrogens (tertiary/aromatic N) is 3. The number of ether oxygens (including phenoxy) is 1. The van der Waals surface area contributed by atoms with E-state index in [1.54, 1.807) is 38.1 Å². The van der Waals surface area contributed by atoms with Crippen LogP contribution in [0.2, 0.25) is 5.02 Å². The number of aromatic nitrogens is 4. The number of hydrogen-bond donors (Lipinski definition) is 3. The fraction of sp³-hybridized carbons (Fsp3) is 0.483. The van der Waals surface area contributed by atoms with Gasteiger partial charge in [-0.2, -0.15) is 5.21 Å². The Labute approximate surface area is 232 Å². The van der Waals surface area contributed by atoms with E-state index in [1.165, 1.54) is 0 Å². The molecule has 9 nitrogen and oxygen atoms in total. The molecule has 2 unspecified atom stereocenters. The summed E-state index contributed by atoms with van der Waals surface area (Å²) in [7, 11) is 0. The highest BCUT2D eigenvalue weighted by Gasteiger charge is 2.59. The number of amides is 2. The Morgan fingerprint density at radius 2 is 1.74 bits per heavy atom. The molecule has 4 fully saturated rings. The minimum atomic E-state index is -1.03. The molecule has 3 N–H and O–H groups in total. The predicted molar refractivity (Wildman–Crippen MR) is 146 cm³/mol. The molecule has 4 aliphatic carbocycles. The molecule has 10 heteroatoms. The molecule has 0 spiro atoms. The number of aromatic amines is 1. The third kappa shape index (κ3) is 5.12.